The summed E-state index contributed by atoms with van der Waals surface area (Å²) in [6.07, 6.45) is -0.296. The van der Waals surface area contributed by atoms with Crippen molar-refractivity contribution in [2.24, 2.45) is 5.73 Å². The van der Waals surface area contributed by atoms with E-state index in [1.54, 1.807) is 19.1 Å². The molecule has 0 spiro atoms. The van der Waals surface area contributed by atoms with Crippen LogP contribution in [0.1, 0.15) is 30.6 Å². The lowest BCUT2D eigenvalue weighted by molar-refractivity contribution is 0.139. The monoisotopic (exact) mass is 197 g/mol. The topological polar surface area (TPSA) is 46.2 Å². The van der Waals surface area contributed by atoms with Gasteiger partial charge in [-0.15, -0.1) is 0 Å². The fourth-order valence-corrected chi connectivity index (χ4v) is 1.46. The average Bonchev–Trinajstić information content (AvgIpc) is 2.16. The molecule has 0 amide bonds. The number of aryl methyl sites for hydroxylation is 1. The van der Waals surface area contributed by atoms with Gasteiger partial charge in [-0.2, -0.15) is 0 Å². The minimum Gasteiger partial charge on any atom is -0.387 e. The Balaban J connectivity index is 3.05. The largest absolute Gasteiger partial charge is 0.387 e. The summed E-state index contributed by atoms with van der Waals surface area (Å²) >= 11 is 0. The molecule has 0 heterocycles. The van der Waals surface area contributed by atoms with Crippen molar-refractivity contribution >= 4 is 0 Å². The van der Waals surface area contributed by atoms with Gasteiger partial charge in [0.1, 0.15) is 5.82 Å². The molecule has 2 atom stereocenters. The number of rotatable bonds is 3. The van der Waals surface area contributed by atoms with Gasteiger partial charge in [0.25, 0.3) is 0 Å². The summed E-state index contributed by atoms with van der Waals surface area (Å²) in [6, 6.07) is 4.32. The van der Waals surface area contributed by atoms with E-state index >= 15 is 0 Å². The number of aliphatic hydroxyl groups is 1. The summed E-state index contributed by atoms with van der Waals surface area (Å²) in [7, 11) is 0. The van der Waals surface area contributed by atoms with E-state index in [0.717, 1.165) is 5.56 Å². The van der Waals surface area contributed by atoms with E-state index in [2.05, 4.69) is 0 Å². The summed E-state index contributed by atoms with van der Waals surface area (Å²) in [5.74, 6) is -0.388. The highest BCUT2D eigenvalue weighted by Crippen LogP contribution is 2.23. The summed E-state index contributed by atoms with van der Waals surface area (Å²) in [6.45, 7) is 3.63. The second-order valence-corrected chi connectivity index (χ2v) is 3.49. The van der Waals surface area contributed by atoms with E-state index < -0.39 is 12.1 Å². The molecule has 78 valence electrons. The zero-order chi connectivity index (χ0) is 10.7. The molecule has 0 saturated heterocycles. The van der Waals surface area contributed by atoms with Crippen LogP contribution in [0.5, 0.6) is 0 Å². The molecule has 1 aromatic carbocycles. The number of benzene rings is 1. The van der Waals surface area contributed by atoms with Gasteiger partial charge in [0, 0.05) is 11.6 Å². The van der Waals surface area contributed by atoms with E-state index in [9.17, 15) is 9.50 Å². The third kappa shape index (κ3) is 2.11. The molecule has 1 aromatic rings. The molecule has 0 saturated carbocycles. The van der Waals surface area contributed by atoms with Gasteiger partial charge in [0.05, 0.1) is 6.10 Å². The van der Waals surface area contributed by atoms with Crippen molar-refractivity contribution in [1.82, 2.24) is 0 Å². The standard InChI is InChI=1S/C11H16FNO/c1-3-9(13)11(14)10-7(2)5-4-6-8(10)12/h4-6,9,11,14H,3,13H2,1-2H3. The Morgan fingerprint density at radius 2 is 2.14 bits per heavy atom. The Hall–Kier alpha value is -0.930. The van der Waals surface area contributed by atoms with Gasteiger partial charge in [-0.05, 0) is 25.0 Å². The van der Waals surface area contributed by atoms with Crippen LogP contribution in [0.3, 0.4) is 0 Å². The lowest BCUT2D eigenvalue weighted by atomic mass is 9.96. The molecular formula is C11H16FNO. The van der Waals surface area contributed by atoms with Crippen LogP contribution in [-0.4, -0.2) is 11.1 Å². The van der Waals surface area contributed by atoms with Gasteiger partial charge >= 0.3 is 0 Å². The highest BCUT2D eigenvalue weighted by atomic mass is 19.1. The molecule has 2 unspecified atom stereocenters. The zero-order valence-corrected chi connectivity index (χ0v) is 8.50. The maximum atomic E-state index is 13.4. The third-order valence-corrected chi connectivity index (χ3v) is 2.44. The quantitative estimate of drug-likeness (QED) is 0.777. The van der Waals surface area contributed by atoms with Crippen LogP contribution in [0.15, 0.2) is 18.2 Å². The van der Waals surface area contributed by atoms with Crippen LogP contribution in [0, 0.1) is 12.7 Å². The zero-order valence-electron chi connectivity index (χ0n) is 8.50. The number of aliphatic hydroxyl groups excluding tert-OH is 1. The van der Waals surface area contributed by atoms with Crippen molar-refractivity contribution in [2.45, 2.75) is 32.4 Å². The van der Waals surface area contributed by atoms with Gasteiger partial charge in [-0.25, -0.2) is 4.39 Å². The maximum absolute atomic E-state index is 13.4. The van der Waals surface area contributed by atoms with Gasteiger partial charge in [-0.3, -0.25) is 0 Å². The molecule has 0 aromatic heterocycles. The van der Waals surface area contributed by atoms with E-state index in [0.29, 0.717) is 12.0 Å². The van der Waals surface area contributed by atoms with E-state index in [1.807, 2.05) is 6.92 Å². The Morgan fingerprint density at radius 1 is 1.50 bits per heavy atom. The average molecular weight is 197 g/mol. The predicted octanol–water partition coefficient (Wildman–Crippen LogP) is 1.90. The molecule has 14 heavy (non-hydrogen) atoms. The highest BCUT2D eigenvalue weighted by Gasteiger charge is 2.20. The van der Waals surface area contributed by atoms with Crippen LogP contribution in [0.25, 0.3) is 0 Å². The minimum absolute atomic E-state index is 0.321. The van der Waals surface area contributed by atoms with Crippen molar-refractivity contribution < 1.29 is 9.50 Å². The second-order valence-electron chi connectivity index (χ2n) is 3.49. The van der Waals surface area contributed by atoms with Crippen LogP contribution in [-0.2, 0) is 0 Å². The third-order valence-electron chi connectivity index (χ3n) is 2.44. The Bertz CT molecular complexity index is 294. The summed E-state index contributed by atoms with van der Waals surface area (Å²) < 4.78 is 13.4. The molecule has 0 aliphatic carbocycles. The summed E-state index contributed by atoms with van der Waals surface area (Å²) in [4.78, 5) is 0. The number of nitrogens with two attached hydrogens (primary N) is 1. The van der Waals surface area contributed by atoms with Gasteiger partial charge in [0.15, 0.2) is 0 Å². The SMILES string of the molecule is CCC(N)C(O)c1c(C)cccc1F. The molecule has 0 fully saturated rings. The lowest BCUT2D eigenvalue weighted by Gasteiger charge is -2.19. The van der Waals surface area contributed by atoms with Gasteiger partial charge < -0.3 is 10.8 Å². The van der Waals surface area contributed by atoms with E-state index in [4.69, 9.17) is 5.73 Å². The van der Waals surface area contributed by atoms with Crippen molar-refractivity contribution in [1.29, 1.82) is 0 Å². The van der Waals surface area contributed by atoms with Crippen LogP contribution in [0.2, 0.25) is 0 Å². The first kappa shape index (κ1) is 11.1. The van der Waals surface area contributed by atoms with Crippen molar-refractivity contribution in [2.75, 3.05) is 0 Å². The molecule has 2 nitrogen and oxygen atoms in total. The first-order valence-corrected chi connectivity index (χ1v) is 4.76. The fourth-order valence-electron chi connectivity index (χ4n) is 1.46. The number of hydrogen-bond donors (Lipinski definition) is 2. The van der Waals surface area contributed by atoms with Gasteiger partial charge in [0.2, 0.25) is 0 Å². The lowest BCUT2D eigenvalue weighted by Crippen LogP contribution is -2.28. The Kier molecular flexibility index (Phi) is 3.61. The predicted molar refractivity (Wildman–Crippen MR) is 54.4 cm³/mol. The van der Waals surface area contributed by atoms with Crippen molar-refractivity contribution in [3.63, 3.8) is 0 Å². The van der Waals surface area contributed by atoms with E-state index in [-0.39, 0.29) is 5.82 Å². The summed E-state index contributed by atoms with van der Waals surface area (Å²) in [5.41, 5.74) is 6.73. The Morgan fingerprint density at radius 3 is 2.64 bits per heavy atom. The number of hydrogen-bond acceptors (Lipinski definition) is 2. The number of halogens is 1. The fraction of sp³-hybridized carbons (Fsp3) is 0.455. The maximum Gasteiger partial charge on any atom is 0.129 e. The smallest absolute Gasteiger partial charge is 0.129 e. The van der Waals surface area contributed by atoms with Crippen LogP contribution >= 0.6 is 0 Å². The molecule has 0 aliphatic rings. The first-order chi connectivity index (χ1) is 6.57. The summed E-state index contributed by atoms with van der Waals surface area (Å²) in [5, 5.41) is 9.79. The van der Waals surface area contributed by atoms with Crippen LogP contribution < -0.4 is 5.73 Å². The molecule has 3 N–H and O–H groups in total. The van der Waals surface area contributed by atoms with Crippen molar-refractivity contribution in [3.05, 3.63) is 35.1 Å². The first-order valence-electron chi connectivity index (χ1n) is 4.76. The highest BCUT2D eigenvalue weighted by molar-refractivity contribution is 5.30. The molecular weight excluding hydrogens is 181 g/mol. The minimum atomic E-state index is -0.916. The van der Waals surface area contributed by atoms with Gasteiger partial charge in [-0.1, -0.05) is 19.1 Å². The molecule has 0 bridgehead atoms. The molecule has 3 heteroatoms. The second kappa shape index (κ2) is 4.53. The molecule has 0 aliphatic heterocycles. The normalized spacial score (nSPS) is 15.2. The van der Waals surface area contributed by atoms with Crippen molar-refractivity contribution in [3.8, 4) is 0 Å². The molecule has 0 radical (unpaired) electrons. The Labute approximate surface area is 83.6 Å². The molecule has 1 rings (SSSR count). The van der Waals surface area contributed by atoms with Crippen LogP contribution in [0.4, 0.5) is 4.39 Å². The van der Waals surface area contributed by atoms with E-state index in [1.165, 1.54) is 6.07 Å².